The minimum atomic E-state index is -0.307. The second kappa shape index (κ2) is 5.24. The molecule has 2 heterocycles. The van der Waals surface area contributed by atoms with Gasteiger partial charge >= 0.3 is 5.69 Å². The molecule has 1 saturated carbocycles. The quantitative estimate of drug-likeness (QED) is 0.810. The fourth-order valence-electron chi connectivity index (χ4n) is 2.67. The van der Waals surface area contributed by atoms with Crippen molar-refractivity contribution in [1.82, 2.24) is 19.6 Å². The van der Waals surface area contributed by atoms with E-state index < -0.39 is 0 Å². The first-order valence-electron chi connectivity index (χ1n) is 7.01. The third kappa shape index (κ3) is 2.67. The number of aromatic amines is 1. The smallest absolute Gasteiger partial charge is 0.348 e. The Kier molecular flexibility index (Phi) is 3.43. The van der Waals surface area contributed by atoms with Gasteiger partial charge in [-0.25, -0.2) is 19.3 Å². The summed E-state index contributed by atoms with van der Waals surface area (Å²) in [5.74, 6) is 0.450. The van der Waals surface area contributed by atoms with Crippen LogP contribution in [0.15, 0.2) is 17.2 Å². The van der Waals surface area contributed by atoms with Crippen LogP contribution in [0, 0.1) is 0 Å². The van der Waals surface area contributed by atoms with Crippen LogP contribution in [-0.4, -0.2) is 31.7 Å². The van der Waals surface area contributed by atoms with E-state index in [1.807, 2.05) is 0 Å². The normalized spacial score (nSPS) is 18.9. The molecule has 3 N–H and O–H groups in total. The van der Waals surface area contributed by atoms with Gasteiger partial charge in [0, 0.05) is 6.07 Å². The van der Waals surface area contributed by atoms with Gasteiger partial charge in [0.1, 0.15) is 12.9 Å². The zero-order valence-electron chi connectivity index (χ0n) is 11.3. The Balaban J connectivity index is 1.71. The summed E-state index contributed by atoms with van der Waals surface area (Å²) < 4.78 is 7.05. The maximum atomic E-state index is 11.3. The Labute approximate surface area is 116 Å². The van der Waals surface area contributed by atoms with E-state index in [1.54, 1.807) is 6.07 Å². The lowest BCUT2D eigenvalue weighted by atomic mass is 9.93. The number of ether oxygens (including phenoxy) is 1. The van der Waals surface area contributed by atoms with Crippen LogP contribution in [0.1, 0.15) is 38.5 Å². The third-order valence-electron chi connectivity index (χ3n) is 3.89. The van der Waals surface area contributed by atoms with Gasteiger partial charge in [0.25, 0.3) is 0 Å². The minimum Gasteiger partial charge on any atom is -0.476 e. The predicted octanol–water partition coefficient (Wildman–Crippen LogP) is 0.848. The number of nitrogens with two attached hydrogens (primary N) is 1. The molecule has 0 bridgehead atoms. The summed E-state index contributed by atoms with van der Waals surface area (Å²) >= 11 is 0. The fraction of sp³-hybridized carbons (Fsp3) is 0.615. The molecule has 0 radical (unpaired) electrons. The van der Waals surface area contributed by atoms with Crippen molar-refractivity contribution in [3.63, 3.8) is 0 Å². The predicted molar refractivity (Wildman–Crippen MR) is 73.7 cm³/mol. The lowest BCUT2D eigenvalue weighted by molar-refractivity contribution is 0.193. The summed E-state index contributed by atoms with van der Waals surface area (Å²) in [7, 11) is 0. The van der Waals surface area contributed by atoms with Crippen molar-refractivity contribution in [2.45, 2.75) is 44.1 Å². The van der Waals surface area contributed by atoms with E-state index in [1.165, 1.54) is 23.6 Å². The lowest BCUT2D eigenvalue weighted by Gasteiger charge is -2.27. The zero-order chi connectivity index (χ0) is 14.0. The standard InChI is InChI=1S/C13H19N5O2/c14-13(5-3-1-2-4-6-13)8-20-11-7-10-16-17-12(19)18(10)9-15-11/h7,9H,1-6,8,14H2,(H,17,19). The number of nitrogens with one attached hydrogen (secondary N) is 1. The first-order valence-corrected chi connectivity index (χ1v) is 7.01. The van der Waals surface area contributed by atoms with E-state index in [0.717, 1.165) is 25.7 Å². The number of aromatic nitrogens is 4. The highest BCUT2D eigenvalue weighted by Crippen LogP contribution is 2.25. The fourth-order valence-corrected chi connectivity index (χ4v) is 2.67. The van der Waals surface area contributed by atoms with Crippen LogP contribution in [0.2, 0.25) is 0 Å². The zero-order valence-corrected chi connectivity index (χ0v) is 11.3. The molecule has 0 aromatic carbocycles. The molecule has 1 fully saturated rings. The maximum absolute atomic E-state index is 11.3. The highest BCUT2D eigenvalue weighted by Gasteiger charge is 2.27. The molecule has 2 aromatic heterocycles. The molecule has 2 aromatic rings. The van der Waals surface area contributed by atoms with Crippen LogP contribution < -0.4 is 16.2 Å². The van der Waals surface area contributed by atoms with E-state index in [0.29, 0.717) is 18.1 Å². The Morgan fingerprint density at radius 3 is 2.85 bits per heavy atom. The summed E-state index contributed by atoms with van der Waals surface area (Å²) in [6, 6.07) is 1.64. The van der Waals surface area contributed by atoms with E-state index in [2.05, 4.69) is 15.2 Å². The van der Waals surface area contributed by atoms with Crippen LogP contribution in [-0.2, 0) is 0 Å². The molecule has 0 saturated heterocycles. The largest absolute Gasteiger partial charge is 0.476 e. The van der Waals surface area contributed by atoms with Gasteiger partial charge in [-0.3, -0.25) is 0 Å². The van der Waals surface area contributed by atoms with Gasteiger partial charge in [0.05, 0.1) is 5.54 Å². The average molecular weight is 277 g/mol. The highest BCUT2D eigenvalue weighted by molar-refractivity contribution is 5.38. The van der Waals surface area contributed by atoms with E-state index in [9.17, 15) is 4.79 Å². The SMILES string of the molecule is NC1(COc2cc3n[nH]c(=O)n3cn2)CCCCCC1. The van der Waals surface area contributed by atoms with Gasteiger partial charge in [-0.1, -0.05) is 25.7 Å². The number of rotatable bonds is 3. The summed E-state index contributed by atoms with van der Waals surface area (Å²) in [5.41, 5.74) is 6.31. The topological polar surface area (TPSA) is 98.3 Å². The molecule has 108 valence electrons. The molecule has 7 nitrogen and oxygen atoms in total. The van der Waals surface area contributed by atoms with Crippen molar-refractivity contribution in [3.8, 4) is 5.88 Å². The van der Waals surface area contributed by atoms with Crippen molar-refractivity contribution in [1.29, 1.82) is 0 Å². The molecule has 1 aliphatic carbocycles. The summed E-state index contributed by atoms with van der Waals surface area (Å²) in [6.07, 6.45) is 8.18. The summed E-state index contributed by atoms with van der Waals surface area (Å²) in [5, 5.41) is 6.24. The number of hydrogen-bond donors (Lipinski definition) is 2. The van der Waals surface area contributed by atoms with Gasteiger partial charge in [0.15, 0.2) is 5.65 Å². The molecule has 0 amide bonds. The van der Waals surface area contributed by atoms with Gasteiger partial charge < -0.3 is 10.5 Å². The lowest BCUT2D eigenvalue weighted by Crippen LogP contribution is -2.45. The van der Waals surface area contributed by atoms with Gasteiger partial charge in [-0.15, -0.1) is 0 Å². The van der Waals surface area contributed by atoms with Crippen LogP contribution in [0.4, 0.5) is 0 Å². The molecule has 1 aliphatic rings. The molecule has 0 atom stereocenters. The number of fused-ring (bicyclic) bond motifs is 1. The van der Waals surface area contributed by atoms with Crippen LogP contribution in [0.5, 0.6) is 5.88 Å². The van der Waals surface area contributed by atoms with E-state index in [4.69, 9.17) is 10.5 Å². The van der Waals surface area contributed by atoms with Crippen LogP contribution in [0.25, 0.3) is 5.65 Å². The van der Waals surface area contributed by atoms with Crippen LogP contribution >= 0.6 is 0 Å². The number of nitrogens with zero attached hydrogens (tertiary/aromatic N) is 3. The average Bonchev–Trinajstić information content (AvgIpc) is 2.68. The maximum Gasteiger partial charge on any atom is 0.348 e. The molecule has 3 rings (SSSR count). The monoisotopic (exact) mass is 277 g/mol. The van der Waals surface area contributed by atoms with E-state index in [-0.39, 0.29) is 11.2 Å². The highest BCUT2D eigenvalue weighted by atomic mass is 16.5. The first-order chi connectivity index (χ1) is 9.66. The molecular weight excluding hydrogens is 258 g/mol. The number of hydrogen-bond acceptors (Lipinski definition) is 5. The molecule has 0 unspecified atom stereocenters. The van der Waals surface area contributed by atoms with E-state index >= 15 is 0 Å². The van der Waals surface area contributed by atoms with Crippen molar-refractivity contribution in [3.05, 3.63) is 22.9 Å². The van der Waals surface area contributed by atoms with Gasteiger partial charge in [-0.2, -0.15) is 5.10 Å². The van der Waals surface area contributed by atoms with Crippen molar-refractivity contribution in [2.75, 3.05) is 6.61 Å². The second-order valence-electron chi connectivity index (χ2n) is 5.55. The van der Waals surface area contributed by atoms with Gasteiger partial charge in [0.2, 0.25) is 5.88 Å². The third-order valence-corrected chi connectivity index (χ3v) is 3.89. The Hall–Kier alpha value is -1.89. The van der Waals surface area contributed by atoms with Crippen molar-refractivity contribution in [2.24, 2.45) is 5.73 Å². The molecule has 0 aliphatic heterocycles. The van der Waals surface area contributed by atoms with Crippen LogP contribution in [0.3, 0.4) is 0 Å². The first kappa shape index (κ1) is 13.1. The Bertz CT molecular complexity index is 639. The minimum absolute atomic E-state index is 0.268. The molecule has 20 heavy (non-hydrogen) atoms. The Morgan fingerprint density at radius 2 is 2.10 bits per heavy atom. The summed E-state index contributed by atoms with van der Waals surface area (Å²) in [4.78, 5) is 15.4. The Morgan fingerprint density at radius 1 is 1.35 bits per heavy atom. The van der Waals surface area contributed by atoms with Crippen molar-refractivity contribution < 1.29 is 4.74 Å². The molecule has 7 heteroatoms. The second-order valence-corrected chi connectivity index (χ2v) is 5.55. The van der Waals surface area contributed by atoms with Crippen molar-refractivity contribution >= 4 is 5.65 Å². The number of H-pyrrole nitrogens is 1. The van der Waals surface area contributed by atoms with Gasteiger partial charge in [-0.05, 0) is 12.8 Å². The molecule has 0 spiro atoms. The molecular formula is C13H19N5O2. The summed E-state index contributed by atoms with van der Waals surface area (Å²) in [6.45, 7) is 0.449.